The van der Waals surface area contributed by atoms with Crippen LogP contribution in [0, 0.1) is 5.92 Å². The summed E-state index contributed by atoms with van der Waals surface area (Å²) in [5.41, 5.74) is 6.38. The SMILES string of the molecule is C=CCCN1/C(=C/C2C(=O)C(=CC3=[N+](CCC=C)c4ccccc4C3(C)C)C2=O)C(C)(C)c2ccccc21. The Bertz CT molecular complexity index is 1430. The number of carbonyl (C=O) groups is 2. The van der Waals surface area contributed by atoms with E-state index in [4.69, 9.17) is 0 Å². The normalized spacial score (nSPS) is 21.9. The number of hydrogen-bond acceptors (Lipinski definition) is 3. The molecule has 1 saturated carbocycles. The summed E-state index contributed by atoms with van der Waals surface area (Å²) in [6.45, 7) is 17.9. The van der Waals surface area contributed by atoms with Crippen molar-refractivity contribution in [3.05, 3.63) is 108 Å². The molecule has 2 aliphatic heterocycles. The number of benzene rings is 2. The second kappa shape index (κ2) is 9.50. The first-order valence-corrected chi connectivity index (χ1v) is 13.5. The molecule has 4 heteroatoms. The summed E-state index contributed by atoms with van der Waals surface area (Å²) in [4.78, 5) is 29.3. The Morgan fingerprint density at radius 1 is 0.868 bits per heavy atom. The van der Waals surface area contributed by atoms with Gasteiger partial charge in [0.15, 0.2) is 23.8 Å². The standard InChI is InChI=1S/C34H37N2O2/c1-7-9-19-35-27-17-13-11-15-25(27)33(3,4)29(35)21-23-31(37)24(32(23)38)22-30-34(5,6)26-16-12-14-18-28(26)36(30)20-10-8-2/h7-8,11-18,21-23H,1-2,9-10,19-20H2,3-6H3/q+1/b24-22?,29-21+. The maximum atomic E-state index is 13.5. The van der Waals surface area contributed by atoms with Gasteiger partial charge in [-0.15, -0.1) is 13.2 Å². The third kappa shape index (κ3) is 3.86. The van der Waals surface area contributed by atoms with Gasteiger partial charge in [0.2, 0.25) is 5.69 Å². The summed E-state index contributed by atoms with van der Waals surface area (Å²) in [7, 11) is 0. The van der Waals surface area contributed by atoms with Crippen LogP contribution >= 0.6 is 0 Å². The molecule has 38 heavy (non-hydrogen) atoms. The Morgan fingerprint density at radius 2 is 1.50 bits per heavy atom. The Morgan fingerprint density at radius 3 is 2.18 bits per heavy atom. The number of hydrogen-bond donors (Lipinski definition) is 0. The van der Waals surface area contributed by atoms with Crippen LogP contribution in [-0.2, 0) is 20.4 Å². The molecule has 0 N–H and O–H groups in total. The number of para-hydroxylation sites is 2. The summed E-state index contributed by atoms with van der Waals surface area (Å²) >= 11 is 0. The van der Waals surface area contributed by atoms with E-state index < -0.39 is 5.92 Å². The second-order valence-corrected chi connectivity index (χ2v) is 11.4. The molecule has 0 aromatic heterocycles. The van der Waals surface area contributed by atoms with Crippen LogP contribution in [0.3, 0.4) is 0 Å². The van der Waals surface area contributed by atoms with Gasteiger partial charge in [-0.25, -0.2) is 0 Å². The van der Waals surface area contributed by atoms with Gasteiger partial charge in [0.25, 0.3) is 0 Å². The quantitative estimate of drug-likeness (QED) is 0.134. The summed E-state index contributed by atoms with van der Waals surface area (Å²) in [5.74, 6) is -0.938. The average Bonchev–Trinajstić information content (AvgIpc) is 3.26. The Labute approximate surface area is 226 Å². The van der Waals surface area contributed by atoms with E-state index in [0.717, 1.165) is 48.7 Å². The Balaban J connectivity index is 1.51. The third-order valence-corrected chi connectivity index (χ3v) is 8.41. The van der Waals surface area contributed by atoms with Crippen molar-refractivity contribution >= 4 is 28.7 Å². The van der Waals surface area contributed by atoms with Gasteiger partial charge in [-0.1, -0.05) is 62.4 Å². The maximum absolute atomic E-state index is 13.5. The monoisotopic (exact) mass is 505 g/mol. The Kier molecular flexibility index (Phi) is 6.46. The minimum atomic E-state index is -0.745. The van der Waals surface area contributed by atoms with Crippen molar-refractivity contribution < 1.29 is 14.2 Å². The molecule has 0 unspecified atom stereocenters. The van der Waals surface area contributed by atoms with Crippen LogP contribution in [0.1, 0.15) is 51.7 Å². The van der Waals surface area contributed by atoms with E-state index in [2.05, 4.69) is 74.6 Å². The zero-order valence-corrected chi connectivity index (χ0v) is 23.0. The van der Waals surface area contributed by atoms with Gasteiger partial charge in [-0.3, -0.25) is 9.59 Å². The van der Waals surface area contributed by atoms with Gasteiger partial charge in [0.1, 0.15) is 5.92 Å². The van der Waals surface area contributed by atoms with Crippen LogP contribution in [0.25, 0.3) is 0 Å². The number of nitrogens with zero attached hydrogens (tertiary/aromatic N) is 2. The van der Waals surface area contributed by atoms with Crippen LogP contribution in [0.4, 0.5) is 11.4 Å². The molecule has 2 aromatic rings. The largest absolute Gasteiger partial charge is 0.344 e. The smallest absolute Gasteiger partial charge is 0.209 e. The molecule has 2 heterocycles. The van der Waals surface area contributed by atoms with E-state index in [1.54, 1.807) is 0 Å². The number of fused-ring (bicyclic) bond motifs is 2. The lowest BCUT2D eigenvalue weighted by Crippen LogP contribution is -2.42. The number of ketones is 2. The van der Waals surface area contributed by atoms with Crippen molar-refractivity contribution in [1.29, 1.82) is 0 Å². The van der Waals surface area contributed by atoms with E-state index >= 15 is 0 Å². The summed E-state index contributed by atoms with van der Waals surface area (Å²) < 4.78 is 2.24. The summed E-state index contributed by atoms with van der Waals surface area (Å²) in [6, 6.07) is 16.7. The summed E-state index contributed by atoms with van der Waals surface area (Å²) in [5, 5.41) is 0. The van der Waals surface area contributed by atoms with Crippen LogP contribution in [0.5, 0.6) is 0 Å². The molecule has 0 saturated heterocycles. The fourth-order valence-electron chi connectivity index (χ4n) is 6.25. The fourth-order valence-corrected chi connectivity index (χ4v) is 6.25. The molecule has 0 amide bonds. The van der Waals surface area contributed by atoms with Crippen molar-refractivity contribution in [3.8, 4) is 0 Å². The number of carbonyl (C=O) groups excluding carboxylic acids is 2. The van der Waals surface area contributed by atoms with Crippen LogP contribution < -0.4 is 4.90 Å². The van der Waals surface area contributed by atoms with E-state index in [1.165, 1.54) is 11.1 Å². The molecule has 194 valence electrons. The molecule has 1 fully saturated rings. The van der Waals surface area contributed by atoms with Crippen molar-refractivity contribution in [2.24, 2.45) is 5.92 Å². The number of rotatable bonds is 8. The molecule has 0 radical (unpaired) electrons. The molecule has 2 aromatic carbocycles. The number of Topliss-reactive ketones (excluding diaryl/α,β-unsaturated/α-hetero) is 2. The van der Waals surface area contributed by atoms with Gasteiger partial charge < -0.3 is 4.90 Å². The zero-order chi connectivity index (χ0) is 27.2. The molecule has 0 bridgehead atoms. The van der Waals surface area contributed by atoms with Gasteiger partial charge in [-0.05, 0) is 38.0 Å². The first kappa shape index (κ1) is 25.8. The van der Waals surface area contributed by atoms with Crippen LogP contribution in [0.2, 0.25) is 0 Å². The fraction of sp³-hybridized carbons (Fsp3) is 0.324. The number of allylic oxidation sites excluding steroid dienone is 4. The highest BCUT2D eigenvalue weighted by atomic mass is 16.2. The van der Waals surface area contributed by atoms with E-state index in [1.807, 2.05) is 48.6 Å². The molecule has 3 aliphatic rings. The van der Waals surface area contributed by atoms with Gasteiger partial charge in [0.05, 0.1) is 11.0 Å². The second-order valence-electron chi connectivity index (χ2n) is 11.4. The van der Waals surface area contributed by atoms with Crippen molar-refractivity contribution in [2.75, 3.05) is 18.0 Å². The summed E-state index contributed by atoms with van der Waals surface area (Å²) in [6.07, 6.45) is 9.20. The predicted molar refractivity (Wildman–Crippen MR) is 155 cm³/mol. The molecule has 5 rings (SSSR count). The highest BCUT2D eigenvalue weighted by molar-refractivity contribution is 6.41. The van der Waals surface area contributed by atoms with E-state index in [-0.39, 0.29) is 22.4 Å². The molecule has 0 spiro atoms. The molecular formula is C34H37N2O2+. The van der Waals surface area contributed by atoms with Crippen LogP contribution in [-0.4, -0.2) is 34.9 Å². The highest BCUT2D eigenvalue weighted by Gasteiger charge is 2.50. The zero-order valence-electron chi connectivity index (χ0n) is 23.0. The lowest BCUT2D eigenvalue weighted by Gasteiger charge is -2.31. The Hall–Kier alpha value is -3.79. The highest BCUT2D eigenvalue weighted by Crippen LogP contribution is 2.49. The molecule has 4 nitrogen and oxygen atoms in total. The molecule has 0 atom stereocenters. The number of anilines is 1. The molecular weight excluding hydrogens is 468 g/mol. The van der Waals surface area contributed by atoms with E-state index in [0.29, 0.717) is 5.57 Å². The first-order valence-electron chi connectivity index (χ1n) is 13.5. The van der Waals surface area contributed by atoms with Crippen molar-refractivity contribution in [2.45, 2.75) is 51.4 Å². The van der Waals surface area contributed by atoms with Gasteiger partial charge in [-0.2, -0.15) is 4.58 Å². The first-order chi connectivity index (χ1) is 18.1. The average molecular weight is 506 g/mol. The maximum Gasteiger partial charge on any atom is 0.209 e. The third-order valence-electron chi connectivity index (χ3n) is 8.41. The van der Waals surface area contributed by atoms with Crippen molar-refractivity contribution in [3.63, 3.8) is 0 Å². The lowest BCUT2D eigenvalue weighted by atomic mass is 9.72. The molecule has 1 aliphatic carbocycles. The van der Waals surface area contributed by atoms with Gasteiger partial charge >= 0.3 is 0 Å². The minimum Gasteiger partial charge on any atom is -0.344 e. The lowest BCUT2D eigenvalue weighted by molar-refractivity contribution is -0.436. The topological polar surface area (TPSA) is 40.4 Å². The van der Waals surface area contributed by atoms with Crippen molar-refractivity contribution in [1.82, 2.24) is 0 Å². The predicted octanol–water partition coefficient (Wildman–Crippen LogP) is 6.59. The van der Waals surface area contributed by atoms with E-state index in [9.17, 15) is 9.59 Å². The minimum absolute atomic E-state index is 0.0964. The van der Waals surface area contributed by atoms with Crippen LogP contribution in [0.15, 0.2) is 97.3 Å². The van der Waals surface area contributed by atoms with Gasteiger partial charge in [0, 0.05) is 47.5 Å².